The number of rotatable bonds is 18. The Hall–Kier alpha value is -7.86. The molecule has 28 nitrogen and oxygen atoms in total. The summed E-state index contributed by atoms with van der Waals surface area (Å²) in [5.74, 6) is -12.1. The van der Waals surface area contributed by atoms with E-state index < -0.39 is 176 Å². The van der Waals surface area contributed by atoms with E-state index in [9.17, 15) is 77.4 Å². The van der Waals surface area contributed by atoms with Gasteiger partial charge in [-0.2, -0.15) is 0 Å². The number of aromatic amines is 1. The summed E-state index contributed by atoms with van der Waals surface area (Å²) in [6.45, 7) is 4.00. The van der Waals surface area contributed by atoms with Crippen LogP contribution in [0.15, 0.2) is 47.5 Å². The number of nitrogens with zero attached hydrogens (tertiary/aromatic N) is 1. The minimum atomic E-state index is -2.19. The molecule has 82 heavy (non-hydrogen) atoms. The summed E-state index contributed by atoms with van der Waals surface area (Å²) in [5, 5.41) is 67.1. The number of aryl methyl sites for hydroxylation is 1. The van der Waals surface area contributed by atoms with Crippen molar-refractivity contribution in [1.29, 1.82) is 0 Å². The number of ketones is 1. The summed E-state index contributed by atoms with van der Waals surface area (Å²) in [6.07, 6.45) is -4.00. The molecule has 10 amide bonds. The van der Waals surface area contributed by atoms with Gasteiger partial charge < -0.3 is 83.5 Å². The van der Waals surface area contributed by atoms with Crippen molar-refractivity contribution in [2.24, 2.45) is 11.8 Å². The fourth-order valence-electron chi connectivity index (χ4n) is 9.09. The minimum absolute atomic E-state index is 0.0223. The van der Waals surface area contributed by atoms with Crippen molar-refractivity contribution in [3.63, 3.8) is 0 Å². The molecule has 0 spiro atoms. The number of aromatic hydroxyl groups is 1. The monoisotopic (exact) mass is 1170 g/mol. The van der Waals surface area contributed by atoms with E-state index >= 15 is 0 Å². The number of phenols is 1. The van der Waals surface area contributed by atoms with E-state index in [0.29, 0.717) is 34.0 Å². The van der Waals surface area contributed by atoms with Gasteiger partial charge >= 0.3 is 0 Å². The summed E-state index contributed by atoms with van der Waals surface area (Å²) < 4.78 is 14.3. The molecule has 448 valence electrons. The number of fused-ring (bicyclic) bond motifs is 2. The van der Waals surface area contributed by atoms with Gasteiger partial charge in [-0.25, -0.2) is 0 Å². The number of carbonyl (C=O) groups is 11. The Kier molecular flexibility index (Phi) is 24.0. The molecule has 11 atom stereocenters. The molecular weight excluding hydrogens is 1090 g/mol. The second kappa shape index (κ2) is 30.3. The number of benzene rings is 2. The largest absolute Gasteiger partial charge is 0.508 e. The van der Waals surface area contributed by atoms with Gasteiger partial charge in [0.2, 0.25) is 59.1 Å². The van der Waals surface area contributed by atoms with E-state index in [4.69, 9.17) is 0 Å². The van der Waals surface area contributed by atoms with Crippen LogP contribution in [0.2, 0.25) is 0 Å². The Morgan fingerprint density at radius 3 is 2.07 bits per heavy atom. The lowest BCUT2D eigenvalue weighted by molar-refractivity contribution is -0.144. The number of Topliss-reactive ketones (excluding diaryl/α,β-unsaturated/α-hetero) is 1. The molecule has 3 aromatic rings. The molecule has 2 aromatic carbocycles. The normalized spacial score (nSPS) is 23.0. The van der Waals surface area contributed by atoms with Gasteiger partial charge in [0.15, 0.2) is 5.78 Å². The van der Waals surface area contributed by atoms with Gasteiger partial charge in [0.05, 0.1) is 79.5 Å². The molecule has 15 N–H and O–H groups in total. The van der Waals surface area contributed by atoms with E-state index in [1.54, 1.807) is 65.1 Å². The zero-order valence-electron chi connectivity index (χ0n) is 46.3. The van der Waals surface area contributed by atoms with Crippen molar-refractivity contribution >= 4 is 86.6 Å². The predicted molar refractivity (Wildman–Crippen MR) is 294 cm³/mol. The van der Waals surface area contributed by atoms with Crippen molar-refractivity contribution < 1.29 is 77.4 Å². The van der Waals surface area contributed by atoms with Gasteiger partial charge in [0, 0.05) is 43.3 Å². The SMILES string of the molecule is CCC(C)C1NC(=O)CNC(=O)CNC(=O)C([C@@H](C)C(O)CO)NC(=O)C2C[C@@H](O)CN2C(=O)C(CC(=O)NCc2ccc(CC(=O)C(C)NC(=O)CNC)cc2)NC(=O)[C@H](CS(=O)c2[nH]c3cc(O)ccc3c2C)NC(=O)CNC1=O. The fourth-order valence-corrected chi connectivity index (χ4v) is 10.5. The van der Waals surface area contributed by atoms with Gasteiger partial charge in [0.25, 0.3) is 0 Å². The minimum Gasteiger partial charge on any atom is -0.508 e. The van der Waals surface area contributed by atoms with Crippen LogP contribution < -0.4 is 53.2 Å². The number of hydrogen-bond acceptors (Lipinski definition) is 17. The van der Waals surface area contributed by atoms with Crippen LogP contribution >= 0.6 is 0 Å². The molecule has 2 aliphatic heterocycles. The smallest absolute Gasteiger partial charge is 0.246 e. The van der Waals surface area contributed by atoms with Crippen molar-refractivity contribution in [1.82, 2.24) is 63.1 Å². The Labute approximate surface area is 474 Å². The highest BCUT2D eigenvalue weighted by atomic mass is 32.2. The fraction of sp³-hybridized carbons (Fsp3) is 0.528. The standard InChI is InChI=1S/C53H74N12O16S/c1-7-26(2)46-50(78)58-22-44(74)60-37(25-82(81)52-27(3)34-13-12-32(67)15-35(34)62-52)48(76)61-36(17-41(71)55-18-31-10-8-30(9-11-31)14-39(69)29(5)59-43(73)19-54-6)53(80)65-23-33(68)16-38(65)49(77)64-47(28(4)40(70)24-66)51(79)57-20-42(72)56-21-45(75)63-46/h8-13,15,26,28-29,33,36-38,40,46-47,54,62,66-68,70H,7,14,16-25H2,1-6H3,(H,55,71)(H,56,72)(H,57,79)(H,58,78)(H,59,73)(H,60,74)(H,61,76)(H,63,75)(H,64,77)/t26?,28-,29?,33+,36?,37-,38?,40?,46?,47?,82?/m0/s1. The molecule has 8 unspecified atom stereocenters. The first-order valence-corrected chi connectivity index (χ1v) is 28.0. The number of nitrogens with one attached hydrogen (secondary N) is 11. The number of aliphatic hydroxyl groups excluding tert-OH is 3. The molecule has 5 rings (SSSR count). The molecule has 2 saturated heterocycles. The Bertz CT molecular complexity index is 2890. The maximum absolute atomic E-state index is 14.9. The lowest BCUT2D eigenvalue weighted by Gasteiger charge is -2.32. The molecule has 0 saturated carbocycles. The van der Waals surface area contributed by atoms with E-state index in [2.05, 4.69) is 58.2 Å². The Morgan fingerprint density at radius 2 is 1.41 bits per heavy atom. The van der Waals surface area contributed by atoms with Crippen LogP contribution in [-0.2, 0) is 76.5 Å². The molecular formula is C53H74N12O16S. The summed E-state index contributed by atoms with van der Waals surface area (Å²) in [6, 6.07) is 1.76. The second-order valence-electron chi connectivity index (χ2n) is 20.4. The summed E-state index contributed by atoms with van der Waals surface area (Å²) >= 11 is 0. The maximum atomic E-state index is 14.9. The van der Waals surface area contributed by atoms with Crippen LogP contribution in [0, 0.1) is 18.8 Å². The van der Waals surface area contributed by atoms with E-state index in [-0.39, 0.29) is 42.0 Å². The number of aromatic nitrogens is 1. The number of phenolic OH excluding ortho intramolecular Hbond substituents is 1. The molecule has 0 aliphatic carbocycles. The van der Waals surface area contributed by atoms with Crippen LogP contribution in [0.25, 0.3) is 10.9 Å². The highest BCUT2D eigenvalue weighted by molar-refractivity contribution is 7.85. The van der Waals surface area contributed by atoms with Crippen LogP contribution in [0.1, 0.15) is 63.6 Å². The van der Waals surface area contributed by atoms with Crippen molar-refractivity contribution in [3.8, 4) is 5.75 Å². The van der Waals surface area contributed by atoms with E-state index in [0.717, 1.165) is 4.90 Å². The zero-order chi connectivity index (χ0) is 60.5. The molecule has 29 heteroatoms. The number of carbonyl (C=O) groups excluding carboxylic acids is 11. The van der Waals surface area contributed by atoms with Crippen LogP contribution in [0.3, 0.4) is 0 Å². The molecule has 0 radical (unpaired) electrons. The first kappa shape index (κ1) is 65.0. The van der Waals surface area contributed by atoms with Crippen molar-refractivity contribution in [3.05, 3.63) is 59.2 Å². The van der Waals surface area contributed by atoms with E-state index in [1.807, 2.05) is 0 Å². The van der Waals surface area contributed by atoms with Crippen LogP contribution in [0.5, 0.6) is 5.75 Å². The van der Waals surface area contributed by atoms with Crippen LogP contribution in [-0.4, -0.2) is 200 Å². The lowest BCUT2D eigenvalue weighted by atomic mass is 9.94. The third-order valence-electron chi connectivity index (χ3n) is 14.2. The third kappa shape index (κ3) is 18.1. The predicted octanol–water partition coefficient (Wildman–Crippen LogP) is -4.87. The molecule has 2 fully saturated rings. The van der Waals surface area contributed by atoms with Gasteiger partial charge in [-0.1, -0.05) is 51.5 Å². The number of likely N-dealkylation sites (N-methyl/N-ethyl adjacent to an activating group) is 1. The van der Waals surface area contributed by atoms with Gasteiger partial charge in [-0.3, -0.25) is 56.9 Å². The zero-order valence-corrected chi connectivity index (χ0v) is 47.2. The van der Waals surface area contributed by atoms with Gasteiger partial charge in [-0.15, -0.1) is 0 Å². The first-order chi connectivity index (χ1) is 38.8. The number of amides is 10. The molecule has 0 bridgehead atoms. The van der Waals surface area contributed by atoms with Gasteiger partial charge in [-0.05, 0) is 55.6 Å². The number of H-pyrrole nitrogens is 1. The summed E-state index contributed by atoms with van der Waals surface area (Å²) in [7, 11) is -0.596. The second-order valence-corrected chi connectivity index (χ2v) is 21.8. The number of hydrogen-bond donors (Lipinski definition) is 15. The number of aliphatic hydroxyl groups is 3. The van der Waals surface area contributed by atoms with Crippen molar-refractivity contribution in [2.75, 3.05) is 52.1 Å². The highest BCUT2D eigenvalue weighted by Gasteiger charge is 2.44. The van der Waals surface area contributed by atoms with Gasteiger partial charge in [0.1, 0.15) is 41.0 Å². The molecule has 3 heterocycles. The average molecular weight is 1170 g/mol. The van der Waals surface area contributed by atoms with Crippen molar-refractivity contribution in [2.45, 2.75) is 120 Å². The third-order valence-corrected chi connectivity index (χ3v) is 15.7. The topological polar surface area (TPSA) is 425 Å². The quantitative estimate of drug-likeness (QED) is 0.0568. The highest BCUT2D eigenvalue weighted by Crippen LogP contribution is 2.28. The average Bonchev–Trinajstić information content (AvgIpc) is 3.91. The molecule has 1 aromatic heterocycles. The Morgan fingerprint density at radius 1 is 0.780 bits per heavy atom. The van der Waals surface area contributed by atoms with Crippen LogP contribution in [0.4, 0.5) is 0 Å². The maximum Gasteiger partial charge on any atom is 0.246 e. The lowest BCUT2D eigenvalue weighted by Crippen LogP contribution is -2.61. The summed E-state index contributed by atoms with van der Waals surface area (Å²) in [5.41, 5.74) is 1.97. The summed E-state index contributed by atoms with van der Waals surface area (Å²) in [4.78, 5) is 154. The molecule has 2 aliphatic rings. The first-order valence-electron chi connectivity index (χ1n) is 26.6. The van der Waals surface area contributed by atoms with E-state index in [1.165, 1.54) is 19.1 Å². The Balaban J connectivity index is 1.51.